The van der Waals surface area contributed by atoms with E-state index in [9.17, 15) is 9.90 Å². The van der Waals surface area contributed by atoms with E-state index in [0.29, 0.717) is 18.9 Å². The summed E-state index contributed by atoms with van der Waals surface area (Å²) < 4.78 is 11.1. The van der Waals surface area contributed by atoms with E-state index in [1.165, 1.54) is 0 Å². The minimum absolute atomic E-state index is 0.127. The van der Waals surface area contributed by atoms with Crippen molar-refractivity contribution in [2.45, 2.75) is 19.3 Å². The molecule has 1 aliphatic rings. The number of likely N-dealkylation sites (tertiary alicyclic amines) is 1. The molecule has 1 amide bonds. The molecule has 5 heteroatoms. The molecule has 1 heterocycles. The van der Waals surface area contributed by atoms with E-state index in [1.807, 2.05) is 29.2 Å². The van der Waals surface area contributed by atoms with Crippen molar-refractivity contribution in [3.05, 3.63) is 54.1 Å². The zero-order valence-corrected chi connectivity index (χ0v) is 15.1. The monoisotopic (exact) mass is 355 g/mol. The first kappa shape index (κ1) is 18.1. The van der Waals surface area contributed by atoms with Crippen LogP contribution >= 0.6 is 0 Å². The van der Waals surface area contributed by atoms with Gasteiger partial charge in [0.25, 0.3) is 0 Å². The highest BCUT2D eigenvalue weighted by Crippen LogP contribution is 2.22. The third kappa shape index (κ3) is 4.91. The first-order chi connectivity index (χ1) is 12.6. The number of carbonyl (C=O) groups is 1. The number of hydrogen-bond acceptors (Lipinski definition) is 4. The molecule has 0 radical (unpaired) electrons. The van der Waals surface area contributed by atoms with E-state index in [-0.39, 0.29) is 11.7 Å². The van der Waals surface area contributed by atoms with Crippen molar-refractivity contribution in [2.75, 3.05) is 26.8 Å². The van der Waals surface area contributed by atoms with Gasteiger partial charge in [-0.2, -0.15) is 0 Å². The predicted octanol–water partition coefficient (Wildman–Crippen LogP) is 3.26. The quantitative estimate of drug-likeness (QED) is 0.864. The van der Waals surface area contributed by atoms with E-state index < -0.39 is 0 Å². The van der Waals surface area contributed by atoms with Crippen LogP contribution in [0, 0.1) is 5.92 Å². The number of hydrogen-bond donors (Lipinski definition) is 1. The van der Waals surface area contributed by atoms with E-state index in [0.717, 1.165) is 43.0 Å². The Morgan fingerprint density at radius 2 is 1.96 bits per heavy atom. The van der Waals surface area contributed by atoms with Gasteiger partial charge in [0.05, 0.1) is 20.1 Å². The first-order valence-electron chi connectivity index (χ1n) is 8.96. The first-order valence-corrected chi connectivity index (χ1v) is 8.96. The van der Waals surface area contributed by atoms with Gasteiger partial charge < -0.3 is 19.5 Å². The molecule has 2 aromatic rings. The Balaban J connectivity index is 1.51. The number of aromatic hydroxyl groups is 1. The van der Waals surface area contributed by atoms with E-state index in [1.54, 1.807) is 31.4 Å². The second kappa shape index (κ2) is 8.61. The molecule has 5 nitrogen and oxygen atoms in total. The summed E-state index contributed by atoms with van der Waals surface area (Å²) in [5, 5.41) is 9.34. The minimum Gasteiger partial charge on any atom is -0.508 e. The van der Waals surface area contributed by atoms with Crippen LogP contribution in [-0.4, -0.2) is 42.7 Å². The summed E-state index contributed by atoms with van der Waals surface area (Å²) in [7, 11) is 1.64. The van der Waals surface area contributed by atoms with Crippen LogP contribution in [0.3, 0.4) is 0 Å². The number of rotatable bonds is 6. The minimum atomic E-state index is 0.127. The highest BCUT2D eigenvalue weighted by atomic mass is 16.5. The van der Waals surface area contributed by atoms with E-state index >= 15 is 0 Å². The van der Waals surface area contributed by atoms with Crippen molar-refractivity contribution >= 4 is 5.91 Å². The molecule has 138 valence electrons. The topological polar surface area (TPSA) is 59.0 Å². The maximum atomic E-state index is 12.6. The lowest BCUT2D eigenvalue weighted by Gasteiger charge is -2.32. The second-order valence-corrected chi connectivity index (χ2v) is 6.68. The number of nitrogens with zero attached hydrogens (tertiary/aromatic N) is 1. The fourth-order valence-corrected chi connectivity index (χ4v) is 3.23. The molecule has 26 heavy (non-hydrogen) atoms. The van der Waals surface area contributed by atoms with Crippen molar-refractivity contribution in [3.63, 3.8) is 0 Å². The summed E-state index contributed by atoms with van der Waals surface area (Å²) in [5.41, 5.74) is 0.919. The Bertz CT molecular complexity index is 729. The van der Waals surface area contributed by atoms with Crippen molar-refractivity contribution in [3.8, 4) is 17.2 Å². The summed E-state index contributed by atoms with van der Waals surface area (Å²) in [6.07, 6.45) is 2.42. The van der Waals surface area contributed by atoms with Gasteiger partial charge in [-0.1, -0.05) is 18.2 Å². The maximum absolute atomic E-state index is 12.6. The molecule has 0 aliphatic carbocycles. The number of phenolic OH excluding ortho intramolecular Hbond substituents is 1. The molecular weight excluding hydrogens is 330 g/mol. The summed E-state index contributed by atoms with van der Waals surface area (Å²) in [6.45, 7) is 2.11. The molecule has 1 fully saturated rings. The van der Waals surface area contributed by atoms with Crippen molar-refractivity contribution in [1.29, 1.82) is 0 Å². The van der Waals surface area contributed by atoms with Crippen LogP contribution in [0.2, 0.25) is 0 Å². The second-order valence-electron chi connectivity index (χ2n) is 6.68. The standard InChI is InChI=1S/C21H25NO4/c1-25-19-5-2-6-20(13-19)26-15-17-4-3-11-22(14-17)21(24)12-16-7-9-18(23)10-8-16/h2,5-10,13,17,23H,3-4,11-12,14-15H2,1H3/t17-/m1/s1. The molecule has 1 atom stereocenters. The molecule has 0 unspecified atom stereocenters. The van der Waals surface area contributed by atoms with Crippen LogP contribution < -0.4 is 9.47 Å². The van der Waals surface area contributed by atoms with Gasteiger partial charge in [0, 0.05) is 25.1 Å². The van der Waals surface area contributed by atoms with Gasteiger partial charge in [0.1, 0.15) is 17.2 Å². The van der Waals surface area contributed by atoms with E-state index in [4.69, 9.17) is 9.47 Å². The van der Waals surface area contributed by atoms with Crippen molar-refractivity contribution in [2.24, 2.45) is 5.92 Å². The third-order valence-corrected chi connectivity index (χ3v) is 4.69. The van der Waals surface area contributed by atoms with Crippen LogP contribution in [0.25, 0.3) is 0 Å². The van der Waals surface area contributed by atoms with Gasteiger partial charge in [0.15, 0.2) is 0 Å². The molecule has 0 bridgehead atoms. The van der Waals surface area contributed by atoms with Crippen LogP contribution in [0.15, 0.2) is 48.5 Å². The lowest BCUT2D eigenvalue weighted by molar-refractivity contribution is -0.132. The van der Waals surface area contributed by atoms with Gasteiger partial charge in [-0.3, -0.25) is 4.79 Å². The maximum Gasteiger partial charge on any atom is 0.227 e. The van der Waals surface area contributed by atoms with Crippen LogP contribution in [0.5, 0.6) is 17.2 Å². The summed E-state index contributed by atoms with van der Waals surface area (Å²) in [5.74, 6) is 2.24. The number of amides is 1. The Morgan fingerprint density at radius 3 is 2.73 bits per heavy atom. The zero-order valence-electron chi connectivity index (χ0n) is 15.1. The molecule has 1 N–H and O–H groups in total. The van der Waals surface area contributed by atoms with Gasteiger partial charge in [0.2, 0.25) is 5.91 Å². The molecule has 0 spiro atoms. The normalized spacial score (nSPS) is 17.0. The van der Waals surface area contributed by atoms with Crippen molar-refractivity contribution < 1.29 is 19.4 Å². The number of ether oxygens (including phenoxy) is 2. The summed E-state index contributed by atoms with van der Waals surface area (Å²) in [6, 6.07) is 14.4. The Hall–Kier alpha value is -2.69. The van der Waals surface area contributed by atoms with Gasteiger partial charge >= 0.3 is 0 Å². The zero-order chi connectivity index (χ0) is 18.4. The lowest BCUT2D eigenvalue weighted by Crippen LogP contribution is -2.42. The average Bonchev–Trinajstić information content (AvgIpc) is 2.68. The number of piperidine rings is 1. The molecule has 3 rings (SSSR count). The highest BCUT2D eigenvalue weighted by Gasteiger charge is 2.24. The number of benzene rings is 2. The summed E-state index contributed by atoms with van der Waals surface area (Å²) in [4.78, 5) is 14.5. The smallest absolute Gasteiger partial charge is 0.227 e. The van der Waals surface area contributed by atoms with Gasteiger partial charge in [-0.05, 0) is 42.7 Å². The molecule has 0 saturated carbocycles. The Kier molecular flexibility index (Phi) is 6.00. The Labute approximate surface area is 154 Å². The summed E-state index contributed by atoms with van der Waals surface area (Å²) >= 11 is 0. The van der Waals surface area contributed by atoms with E-state index in [2.05, 4.69) is 0 Å². The highest BCUT2D eigenvalue weighted by molar-refractivity contribution is 5.78. The number of phenols is 1. The third-order valence-electron chi connectivity index (χ3n) is 4.69. The van der Waals surface area contributed by atoms with Crippen LogP contribution in [0.1, 0.15) is 18.4 Å². The molecular formula is C21H25NO4. The van der Waals surface area contributed by atoms with Crippen LogP contribution in [-0.2, 0) is 11.2 Å². The fourth-order valence-electron chi connectivity index (χ4n) is 3.23. The van der Waals surface area contributed by atoms with Crippen molar-refractivity contribution in [1.82, 2.24) is 4.90 Å². The van der Waals surface area contributed by atoms with Gasteiger partial charge in [-0.15, -0.1) is 0 Å². The average molecular weight is 355 g/mol. The molecule has 2 aromatic carbocycles. The number of carbonyl (C=O) groups excluding carboxylic acids is 1. The fraction of sp³-hybridized carbons (Fsp3) is 0.381. The largest absolute Gasteiger partial charge is 0.508 e. The molecule has 1 saturated heterocycles. The predicted molar refractivity (Wildman–Crippen MR) is 99.6 cm³/mol. The molecule has 0 aromatic heterocycles. The SMILES string of the molecule is COc1cccc(OC[C@@H]2CCCN(C(=O)Cc3ccc(O)cc3)C2)c1. The molecule has 1 aliphatic heterocycles. The van der Waals surface area contributed by atoms with Crippen LogP contribution in [0.4, 0.5) is 0 Å². The lowest BCUT2D eigenvalue weighted by atomic mass is 9.98. The number of methoxy groups -OCH3 is 1. The van der Waals surface area contributed by atoms with Gasteiger partial charge in [-0.25, -0.2) is 0 Å². The Morgan fingerprint density at radius 1 is 1.19 bits per heavy atom.